The van der Waals surface area contributed by atoms with Gasteiger partial charge in [0.1, 0.15) is 0 Å². The molecule has 1 aliphatic rings. The summed E-state index contributed by atoms with van der Waals surface area (Å²) in [5, 5.41) is 2.90. The maximum absolute atomic E-state index is 12.6. The Morgan fingerprint density at radius 1 is 0.788 bits per heavy atom. The minimum atomic E-state index is -2.57. The predicted octanol–water partition coefficient (Wildman–Crippen LogP) is 4.27. The summed E-state index contributed by atoms with van der Waals surface area (Å²) in [6.07, 6.45) is 5.02. The third-order valence-electron chi connectivity index (χ3n) is 4.57. The molecule has 0 aromatic rings. The van der Waals surface area contributed by atoms with Gasteiger partial charge < -0.3 is 0 Å². The number of nitrogens with zero attached hydrogens (tertiary/aromatic N) is 1. The molecule has 0 aliphatic carbocycles. The molecule has 0 saturated heterocycles. The Morgan fingerprint density at radius 2 is 1.27 bits per heavy atom. The first kappa shape index (κ1) is 30.5. The average Bonchev–Trinajstić information content (AvgIpc) is 2.84. The molecule has 0 radical (unpaired) electrons. The van der Waals surface area contributed by atoms with Gasteiger partial charge in [-0.3, -0.25) is 0 Å². The van der Waals surface area contributed by atoms with Crippen molar-refractivity contribution < 1.29 is 25.3 Å². The van der Waals surface area contributed by atoms with Gasteiger partial charge in [0, 0.05) is 0 Å². The number of hydrogen-bond donors (Lipinski definition) is 1. The standard InChI is InChI=1S/C16H23ClN2O6.6CH3.2Sn/c17-13-14(18-9-5-1-3-7-11(20)21)16(25)19(15(13)24)10-6-2-4-8-12(22)23;;;;;;;;/h18H,1-10H2,(H,20,21)(H,22,23);6*1H3;;/q;;;;;;;2*+1/p-2. The number of amides is 2. The molecule has 0 fully saturated rings. The number of rotatable bonds is 15. The number of carbonyl (C=O) groups excluding carboxylic acids is 4. The van der Waals surface area contributed by atoms with Gasteiger partial charge in [0.05, 0.1) is 0 Å². The maximum atomic E-state index is 12.6. The van der Waals surface area contributed by atoms with Crippen LogP contribution >= 0.6 is 11.6 Å². The Labute approximate surface area is 212 Å². The van der Waals surface area contributed by atoms with Crippen molar-refractivity contribution in [1.82, 2.24) is 10.2 Å². The fraction of sp³-hybridized carbons (Fsp3) is 0.727. The van der Waals surface area contributed by atoms with Crippen molar-refractivity contribution in [3.8, 4) is 0 Å². The van der Waals surface area contributed by atoms with Gasteiger partial charge in [0.2, 0.25) is 0 Å². The molecule has 188 valence electrons. The van der Waals surface area contributed by atoms with Crippen molar-refractivity contribution >= 4 is 72.9 Å². The minimum absolute atomic E-state index is 0.0810. The fourth-order valence-electron chi connectivity index (χ4n) is 3.19. The van der Waals surface area contributed by atoms with Crippen LogP contribution in [0.15, 0.2) is 10.7 Å². The second kappa shape index (κ2) is 14.2. The fourth-order valence-corrected chi connectivity index (χ4v) is 7.92. The number of hydrogen-bond acceptors (Lipinski definition) is 7. The van der Waals surface area contributed by atoms with Gasteiger partial charge in [-0.25, -0.2) is 0 Å². The van der Waals surface area contributed by atoms with Gasteiger partial charge in [-0.2, -0.15) is 0 Å². The molecule has 0 spiro atoms. The first-order valence-electron chi connectivity index (χ1n) is 11.6. The van der Waals surface area contributed by atoms with Crippen LogP contribution in [-0.4, -0.2) is 79.3 Å². The molecular weight excluding hydrogens is 661 g/mol. The van der Waals surface area contributed by atoms with E-state index in [2.05, 4.69) is 5.32 Å². The van der Waals surface area contributed by atoms with Crippen molar-refractivity contribution in [2.75, 3.05) is 13.1 Å². The summed E-state index contributed by atoms with van der Waals surface area (Å²) >= 11 is 0.987. The van der Waals surface area contributed by atoms with E-state index in [-0.39, 0.29) is 29.2 Å². The summed E-state index contributed by atoms with van der Waals surface area (Å²) < 4.78 is 10.9. The molecule has 1 N–H and O–H groups in total. The van der Waals surface area contributed by atoms with Crippen molar-refractivity contribution in [2.45, 2.75) is 81.0 Å². The van der Waals surface area contributed by atoms with Crippen LogP contribution in [0.4, 0.5) is 0 Å². The summed E-state index contributed by atoms with van der Waals surface area (Å²) in [6.45, 7) is 0.764. The summed E-state index contributed by atoms with van der Waals surface area (Å²) in [7, 11) is 0. The van der Waals surface area contributed by atoms with Crippen LogP contribution in [-0.2, 0) is 25.3 Å². The van der Waals surface area contributed by atoms with E-state index in [9.17, 15) is 19.2 Å². The Balaban J connectivity index is 2.28. The van der Waals surface area contributed by atoms with Gasteiger partial charge >= 0.3 is 213 Å². The Morgan fingerprint density at radius 3 is 1.76 bits per heavy atom. The third kappa shape index (κ3) is 12.7. The Hall–Kier alpha value is -0.493. The first-order chi connectivity index (χ1) is 15.2. The summed E-state index contributed by atoms with van der Waals surface area (Å²) in [5.74, 6) is -1.18. The molecule has 0 unspecified atom stereocenters. The molecule has 1 aliphatic heterocycles. The molecule has 1 heterocycles. The second-order valence-corrected chi connectivity index (χ2v) is 35.8. The molecule has 0 atom stereocenters. The number of nitrogens with one attached hydrogen (secondary N) is 1. The van der Waals surface area contributed by atoms with E-state index in [1.807, 2.05) is 29.6 Å². The molecule has 1 rings (SSSR count). The molecule has 0 bridgehead atoms. The van der Waals surface area contributed by atoms with Crippen LogP contribution in [0.1, 0.15) is 51.4 Å². The zero-order valence-corrected chi connectivity index (χ0v) is 27.3. The summed E-state index contributed by atoms with van der Waals surface area (Å²) in [5.41, 5.74) is 0.143. The molecular formula is C22H39ClN2O6Sn2. The summed E-state index contributed by atoms with van der Waals surface area (Å²) in [4.78, 5) is 61.8. The van der Waals surface area contributed by atoms with Gasteiger partial charge in [0.25, 0.3) is 0 Å². The van der Waals surface area contributed by atoms with Crippen LogP contribution in [0.3, 0.4) is 0 Å². The van der Waals surface area contributed by atoms with Gasteiger partial charge in [-0.15, -0.1) is 0 Å². The van der Waals surface area contributed by atoms with Crippen LogP contribution < -0.4 is 5.32 Å². The van der Waals surface area contributed by atoms with E-state index < -0.39 is 49.4 Å². The number of carbonyl (C=O) groups is 4. The monoisotopic (exact) mass is 702 g/mol. The normalized spacial score (nSPS) is 14.7. The Bertz CT molecular complexity index is 759. The molecule has 11 heteroatoms. The van der Waals surface area contributed by atoms with Crippen LogP contribution in [0.2, 0.25) is 29.6 Å². The Kier molecular flexibility index (Phi) is 13.1. The topological polar surface area (TPSA) is 102 Å². The molecule has 0 saturated carbocycles. The number of unbranched alkanes of at least 4 members (excludes halogenated alkanes) is 4. The summed E-state index contributed by atoms with van der Waals surface area (Å²) in [6, 6.07) is 0. The van der Waals surface area contributed by atoms with Crippen molar-refractivity contribution in [3.05, 3.63) is 10.7 Å². The zero-order chi connectivity index (χ0) is 25.2. The van der Waals surface area contributed by atoms with E-state index in [1.54, 1.807) is 0 Å². The van der Waals surface area contributed by atoms with E-state index >= 15 is 0 Å². The zero-order valence-electron chi connectivity index (χ0n) is 20.8. The van der Waals surface area contributed by atoms with Crippen molar-refractivity contribution in [3.63, 3.8) is 0 Å². The molecule has 33 heavy (non-hydrogen) atoms. The predicted molar refractivity (Wildman–Crippen MR) is 133 cm³/mol. The molecule has 0 aromatic carbocycles. The first-order valence-corrected chi connectivity index (χ1v) is 31.5. The van der Waals surface area contributed by atoms with Crippen LogP contribution in [0.5, 0.6) is 0 Å². The van der Waals surface area contributed by atoms with E-state index in [4.69, 9.17) is 17.7 Å². The third-order valence-corrected chi connectivity index (χ3v) is 9.72. The molecule has 0 aromatic heterocycles. The average molecular weight is 700 g/mol. The van der Waals surface area contributed by atoms with Crippen LogP contribution in [0.25, 0.3) is 0 Å². The van der Waals surface area contributed by atoms with E-state index in [0.29, 0.717) is 38.6 Å². The van der Waals surface area contributed by atoms with E-state index in [0.717, 1.165) is 24.2 Å². The second-order valence-electron chi connectivity index (χ2n) is 10.2. The molecule has 8 nitrogen and oxygen atoms in total. The van der Waals surface area contributed by atoms with Gasteiger partial charge in [-0.1, -0.05) is 0 Å². The molecule has 2 amide bonds. The quantitative estimate of drug-likeness (QED) is 0.155. The van der Waals surface area contributed by atoms with Crippen molar-refractivity contribution in [2.24, 2.45) is 0 Å². The number of imide groups is 1. The SMILES string of the molecule is [CH3][Sn]([CH3])([CH3])[O]C(=O)CCCCCNC1=C(Cl)C(=O)N(CCCCCC(=O)[O][Sn]([CH3])([CH3])[CH3])C1=O. The van der Waals surface area contributed by atoms with Crippen LogP contribution in [0, 0.1) is 0 Å². The number of halogens is 1. The van der Waals surface area contributed by atoms with Gasteiger partial charge in [-0.05, 0) is 0 Å². The van der Waals surface area contributed by atoms with Crippen molar-refractivity contribution in [1.29, 1.82) is 0 Å². The van der Waals surface area contributed by atoms with Gasteiger partial charge in [0.15, 0.2) is 0 Å². The van der Waals surface area contributed by atoms with E-state index in [1.165, 1.54) is 0 Å².